The van der Waals surface area contributed by atoms with Crippen molar-refractivity contribution in [2.24, 2.45) is 0 Å². The largest absolute Gasteiger partial charge is 0.329 e. The summed E-state index contributed by atoms with van der Waals surface area (Å²) in [6.45, 7) is 3.31. The van der Waals surface area contributed by atoms with Gasteiger partial charge in [0.1, 0.15) is 0 Å². The number of nitrogens with one attached hydrogen (secondary N) is 1. The maximum Gasteiger partial charge on any atom is 0.329 e. The van der Waals surface area contributed by atoms with E-state index in [0.717, 1.165) is 25.9 Å². The van der Waals surface area contributed by atoms with Crippen LogP contribution in [0.15, 0.2) is 4.52 Å². The normalized spacial score (nSPS) is 15.9. The summed E-state index contributed by atoms with van der Waals surface area (Å²) < 4.78 is 4.77. The Kier molecular flexibility index (Phi) is 2.34. The topological polar surface area (TPSA) is 71.3 Å². The van der Waals surface area contributed by atoms with Crippen molar-refractivity contribution in [2.75, 3.05) is 18.4 Å². The van der Waals surface area contributed by atoms with Gasteiger partial charge < -0.3 is 9.42 Å². The van der Waals surface area contributed by atoms with Gasteiger partial charge in [-0.15, -0.1) is 0 Å². The van der Waals surface area contributed by atoms with Gasteiger partial charge >= 0.3 is 12.0 Å². The van der Waals surface area contributed by atoms with Crippen LogP contribution in [0.25, 0.3) is 0 Å². The minimum absolute atomic E-state index is 0.161. The van der Waals surface area contributed by atoms with Gasteiger partial charge in [0, 0.05) is 13.1 Å². The summed E-state index contributed by atoms with van der Waals surface area (Å²) in [6, 6.07) is 0.00514. The number of aromatic nitrogens is 2. The highest BCUT2D eigenvalue weighted by atomic mass is 16.5. The van der Waals surface area contributed by atoms with E-state index in [1.54, 1.807) is 11.8 Å². The van der Waals surface area contributed by atoms with Gasteiger partial charge in [0.2, 0.25) is 0 Å². The smallest absolute Gasteiger partial charge is 0.324 e. The summed E-state index contributed by atoms with van der Waals surface area (Å²) in [6.07, 6.45) is 2.13. The van der Waals surface area contributed by atoms with Crippen LogP contribution in [0.4, 0.5) is 10.8 Å². The molecule has 0 atom stereocenters. The molecule has 0 saturated carbocycles. The van der Waals surface area contributed by atoms with Gasteiger partial charge in [-0.2, -0.15) is 4.98 Å². The lowest BCUT2D eigenvalue weighted by molar-refractivity contribution is 0.221. The van der Waals surface area contributed by atoms with E-state index >= 15 is 0 Å². The van der Waals surface area contributed by atoms with Crippen molar-refractivity contribution < 1.29 is 9.32 Å². The minimum Gasteiger partial charge on any atom is -0.324 e. The molecular formula is C8H12N4O2. The molecule has 2 rings (SSSR count). The number of urea groups is 1. The minimum atomic E-state index is -0.161. The van der Waals surface area contributed by atoms with Crippen LogP contribution < -0.4 is 5.32 Å². The molecule has 2 amide bonds. The maximum absolute atomic E-state index is 11.5. The Hall–Kier alpha value is -1.59. The van der Waals surface area contributed by atoms with Gasteiger partial charge in [-0.3, -0.25) is 5.32 Å². The SMILES string of the molecule is Cc1noc(NC(=O)N2CCCC2)n1. The van der Waals surface area contributed by atoms with Crippen molar-refractivity contribution >= 4 is 12.0 Å². The first-order chi connectivity index (χ1) is 6.75. The highest BCUT2D eigenvalue weighted by Crippen LogP contribution is 2.10. The number of rotatable bonds is 1. The van der Waals surface area contributed by atoms with Crippen LogP contribution in [0.5, 0.6) is 0 Å². The molecule has 1 aliphatic heterocycles. The van der Waals surface area contributed by atoms with Crippen molar-refractivity contribution in [1.82, 2.24) is 15.0 Å². The number of carbonyl (C=O) groups excluding carboxylic acids is 1. The molecule has 1 aliphatic rings. The predicted molar refractivity (Wildman–Crippen MR) is 48.9 cm³/mol. The van der Waals surface area contributed by atoms with E-state index in [1.807, 2.05) is 0 Å². The van der Waals surface area contributed by atoms with E-state index in [0.29, 0.717) is 5.82 Å². The third kappa shape index (κ3) is 1.84. The van der Waals surface area contributed by atoms with Crippen LogP contribution >= 0.6 is 0 Å². The molecule has 1 fully saturated rings. The maximum atomic E-state index is 11.5. The highest BCUT2D eigenvalue weighted by Gasteiger charge is 2.19. The number of amides is 2. The first-order valence-electron chi connectivity index (χ1n) is 4.62. The first kappa shape index (κ1) is 8.98. The van der Waals surface area contributed by atoms with Crippen LogP contribution in [0, 0.1) is 6.92 Å². The number of hydrogen-bond donors (Lipinski definition) is 1. The summed E-state index contributed by atoms with van der Waals surface area (Å²) in [5.74, 6) is 0.515. The summed E-state index contributed by atoms with van der Waals surface area (Å²) in [7, 11) is 0. The number of hydrogen-bond acceptors (Lipinski definition) is 4. The zero-order valence-corrected chi connectivity index (χ0v) is 7.99. The summed E-state index contributed by atoms with van der Waals surface area (Å²) in [5.41, 5.74) is 0. The second-order valence-corrected chi connectivity index (χ2v) is 3.27. The molecule has 0 aromatic carbocycles. The Morgan fingerprint density at radius 1 is 1.50 bits per heavy atom. The van der Waals surface area contributed by atoms with Crippen LogP contribution in [-0.2, 0) is 0 Å². The number of anilines is 1. The van der Waals surface area contributed by atoms with Crippen LogP contribution in [0.3, 0.4) is 0 Å². The van der Waals surface area contributed by atoms with Crippen molar-refractivity contribution in [3.63, 3.8) is 0 Å². The van der Waals surface area contributed by atoms with E-state index in [9.17, 15) is 4.79 Å². The molecule has 0 radical (unpaired) electrons. The molecule has 1 N–H and O–H groups in total. The quantitative estimate of drug-likeness (QED) is 0.727. The highest BCUT2D eigenvalue weighted by molar-refractivity contribution is 5.87. The van der Waals surface area contributed by atoms with Crippen LogP contribution in [-0.4, -0.2) is 34.2 Å². The molecule has 1 aromatic heterocycles. The van der Waals surface area contributed by atoms with Gasteiger partial charge in [0.05, 0.1) is 0 Å². The average Bonchev–Trinajstić information content (AvgIpc) is 2.75. The Labute approximate surface area is 81.3 Å². The Bertz CT molecular complexity index is 330. The predicted octanol–water partition coefficient (Wildman–Crippen LogP) is 1.01. The Morgan fingerprint density at radius 3 is 2.79 bits per heavy atom. The average molecular weight is 196 g/mol. The fraction of sp³-hybridized carbons (Fsp3) is 0.625. The van der Waals surface area contributed by atoms with E-state index in [2.05, 4.69) is 15.5 Å². The Morgan fingerprint density at radius 2 is 2.21 bits per heavy atom. The van der Waals surface area contributed by atoms with Crippen molar-refractivity contribution in [3.8, 4) is 0 Å². The molecule has 14 heavy (non-hydrogen) atoms. The molecule has 0 bridgehead atoms. The second-order valence-electron chi connectivity index (χ2n) is 3.27. The molecule has 0 unspecified atom stereocenters. The van der Waals surface area contributed by atoms with Gasteiger partial charge in [0.15, 0.2) is 5.82 Å². The Balaban J connectivity index is 1.93. The first-order valence-corrected chi connectivity index (χ1v) is 4.62. The van der Waals surface area contributed by atoms with E-state index < -0.39 is 0 Å². The zero-order chi connectivity index (χ0) is 9.97. The standard InChI is InChI=1S/C8H12N4O2/c1-6-9-7(14-11-6)10-8(13)12-4-2-3-5-12/h2-5H2,1H3,(H,9,10,11,13). The number of nitrogens with zero attached hydrogens (tertiary/aromatic N) is 3. The lowest BCUT2D eigenvalue weighted by Gasteiger charge is -2.13. The van der Waals surface area contributed by atoms with Gasteiger partial charge in [-0.25, -0.2) is 4.79 Å². The molecule has 6 nitrogen and oxygen atoms in total. The molecular weight excluding hydrogens is 184 g/mol. The lowest BCUT2D eigenvalue weighted by Crippen LogP contribution is -2.32. The number of aryl methyl sites for hydroxylation is 1. The summed E-state index contributed by atoms with van der Waals surface area (Å²) in [5, 5.41) is 6.13. The summed E-state index contributed by atoms with van der Waals surface area (Å²) >= 11 is 0. The zero-order valence-electron chi connectivity index (χ0n) is 7.99. The molecule has 1 saturated heterocycles. The molecule has 0 aliphatic carbocycles. The number of likely N-dealkylation sites (tertiary alicyclic amines) is 1. The van der Waals surface area contributed by atoms with Gasteiger partial charge in [-0.05, 0) is 19.8 Å². The van der Waals surface area contributed by atoms with E-state index in [1.165, 1.54) is 0 Å². The fourth-order valence-electron chi connectivity index (χ4n) is 1.44. The third-order valence-electron chi connectivity index (χ3n) is 2.13. The molecule has 0 spiro atoms. The molecule has 6 heteroatoms. The van der Waals surface area contributed by atoms with Crippen molar-refractivity contribution in [2.45, 2.75) is 19.8 Å². The summed E-state index contributed by atoms with van der Waals surface area (Å²) in [4.78, 5) is 17.1. The van der Waals surface area contributed by atoms with E-state index in [-0.39, 0.29) is 12.0 Å². The molecule has 76 valence electrons. The molecule has 2 heterocycles. The lowest BCUT2D eigenvalue weighted by atomic mass is 10.4. The monoisotopic (exact) mass is 196 g/mol. The fourth-order valence-corrected chi connectivity index (χ4v) is 1.44. The van der Waals surface area contributed by atoms with Crippen LogP contribution in [0.2, 0.25) is 0 Å². The van der Waals surface area contributed by atoms with Crippen LogP contribution in [0.1, 0.15) is 18.7 Å². The number of carbonyl (C=O) groups is 1. The van der Waals surface area contributed by atoms with Gasteiger partial charge in [-0.1, -0.05) is 5.16 Å². The van der Waals surface area contributed by atoms with Gasteiger partial charge in [0.25, 0.3) is 0 Å². The second kappa shape index (κ2) is 3.65. The van der Waals surface area contributed by atoms with E-state index in [4.69, 9.17) is 4.52 Å². The molecule has 1 aromatic rings. The van der Waals surface area contributed by atoms with Crippen molar-refractivity contribution in [3.05, 3.63) is 5.82 Å². The van der Waals surface area contributed by atoms with Crippen molar-refractivity contribution in [1.29, 1.82) is 0 Å². The third-order valence-corrected chi connectivity index (χ3v) is 2.13.